The lowest BCUT2D eigenvalue weighted by atomic mass is 10.0. The number of benzene rings is 1. The minimum atomic E-state index is -0.424. The number of ether oxygens (including phenoxy) is 1. The Labute approximate surface area is 110 Å². The summed E-state index contributed by atoms with van der Waals surface area (Å²) in [6.07, 6.45) is 0.229. The molecule has 0 aliphatic carbocycles. The average Bonchev–Trinajstić information content (AvgIpc) is 2.37. The molecule has 5 heteroatoms. The summed E-state index contributed by atoms with van der Waals surface area (Å²) in [5.74, 6) is -0.300. The number of halogens is 2. The van der Waals surface area contributed by atoms with Crippen LogP contribution in [0.25, 0.3) is 0 Å². The second kappa shape index (κ2) is 6.62. The van der Waals surface area contributed by atoms with Crippen molar-refractivity contribution < 1.29 is 14.3 Å². The largest absolute Gasteiger partial charge is 0.465 e. The van der Waals surface area contributed by atoms with E-state index in [0.717, 1.165) is 11.1 Å². The molecule has 0 saturated carbocycles. The van der Waals surface area contributed by atoms with Crippen LogP contribution in [-0.4, -0.2) is 24.7 Å². The highest BCUT2D eigenvalue weighted by molar-refractivity contribution is 6.27. The van der Waals surface area contributed by atoms with Crippen molar-refractivity contribution in [3.63, 3.8) is 0 Å². The Kier molecular flexibility index (Phi) is 5.45. The summed E-state index contributed by atoms with van der Waals surface area (Å²) in [6.45, 7) is 0. The van der Waals surface area contributed by atoms with Gasteiger partial charge in [0.2, 0.25) is 0 Å². The monoisotopic (exact) mass is 274 g/mol. The molecule has 0 N–H and O–H groups in total. The molecular formula is C12H12Cl2O3. The molecule has 0 unspecified atom stereocenters. The molecule has 3 nitrogen and oxygen atoms in total. The molecule has 0 fully saturated rings. The Hall–Kier alpha value is -1.06. The van der Waals surface area contributed by atoms with E-state index in [-0.39, 0.29) is 24.0 Å². The summed E-state index contributed by atoms with van der Waals surface area (Å²) in [7, 11) is 1.31. The molecule has 1 rings (SSSR count). The highest BCUT2D eigenvalue weighted by atomic mass is 35.5. The number of hydrogen-bond acceptors (Lipinski definition) is 3. The van der Waals surface area contributed by atoms with Crippen LogP contribution in [0.2, 0.25) is 0 Å². The van der Waals surface area contributed by atoms with Crippen molar-refractivity contribution in [3.05, 3.63) is 34.9 Å². The minimum absolute atomic E-state index is 0.0273. The van der Waals surface area contributed by atoms with Gasteiger partial charge in [-0.2, -0.15) is 0 Å². The molecule has 0 aliphatic rings. The predicted octanol–water partition coefficient (Wildman–Crippen LogP) is 2.56. The number of carbonyl (C=O) groups excluding carboxylic acids is 2. The van der Waals surface area contributed by atoms with Crippen LogP contribution in [0.15, 0.2) is 18.2 Å². The van der Waals surface area contributed by atoms with Gasteiger partial charge in [-0.15, -0.1) is 23.2 Å². The van der Waals surface area contributed by atoms with Crippen LogP contribution in [0.3, 0.4) is 0 Å². The Morgan fingerprint density at radius 3 is 2.47 bits per heavy atom. The topological polar surface area (TPSA) is 43.4 Å². The number of rotatable bonds is 5. The standard InChI is InChI=1S/C12H12Cl2O3/c1-17-12(16)9-3-2-8(5-11(15)7-14)10(4-9)6-13/h2-4H,5-7H2,1H3. The van der Waals surface area contributed by atoms with Crippen molar-refractivity contribution in [2.75, 3.05) is 13.0 Å². The first kappa shape index (κ1) is 14.0. The van der Waals surface area contributed by atoms with Gasteiger partial charge in [0.1, 0.15) is 0 Å². The second-order valence-electron chi connectivity index (χ2n) is 3.46. The van der Waals surface area contributed by atoms with Gasteiger partial charge >= 0.3 is 5.97 Å². The lowest BCUT2D eigenvalue weighted by Crippen LogP contribution is -2.08. The van der Waals surface area contributed by atoms with Gasteiger partial charge in [-0.1, -0.05) is 6.07 Å². The van der Waals surface area contributed by atoms with Gasteiger partial charge in [-0.05, 0) is 23.3 Å². The number of ketones is 1. The van der Waals surface area contributed by atoms with Crippen molar-refractivity contribution in [2.24, 2.45) is 0 Å². The summed E-state index contributed by atoms with van der Waals surface area (Å²) < 4.78 is 4.61. The molecule has 0 heterocycles. The zero-order chi connectivity index (χ0) is 12.8. The van der Waals surface area contributed by atoms with E-state index in [1.54, 1.807) is 18.2 Å². The van der Waals surface area contributed by atoms with E-state index in [9.17, 15) is 9.59 Å². The van der Waals surface area contributed by atoms with Gasteiger partial charge in [0.05, 0.1) is 18.6 Å². The summed E-state index contributed by atoms with van der Waals surface area (Å²) in [4.78, 5) is 22.6. The number of alkyl halides is 2. The van der Waals surface area contributed by atoms with Gasteiger partial charge < -0.3 is 4.74 Å². The maximum Gasteiger partial charge on any atom is 0.337 e. The first-order chi connectivity index (χ1) is 8.12. The fourth-order valence-electron chi connectivity index (χ4n) is 1.43. The smallest absolute Gasteiger partial charge is 0.337 e. The molecule has 0 bridgehead atoms. The molecule has 0 radical (unpaired) electrons. The Bertz CT molecular complexity index is 430. The number of esters is 1. The van der Waals surface area contributed by atoms with Gasteiger partial charge in [0.25, 0.3) is 0 Å². The number of hydrogen-bond donors (Lipinski definition) is 0. The summed E-state index contributed by atoms with van der Waals surface area (Å²) in [5.41, 5.74) is 1.96. The summed E-state index contributed by atoms with van der Waals surface area (Å²) in [6, 6.07) is 4.95. The van der Waals surface area contributed by atoms with E-state index in [1.807, 2.05) is 0 Å². The zero-order valence-corrected chi connectivity index (χ0v) is 10.8. The highest BCUT2D eigenvalue weighted by Gasteiger charge is 2.11. The van der Waals surface area contributed by atoms with Gasteiger partial charge in [-0.3, -0.25) is 4.79 Å². The Balaban J connectivity index is 3.01. The zero-order valence-electron chi connectivity index (χ0n) is 9.33. The third-order valence-electron chi connectivity index (χ3n) is 2.31. The minimum Gasteiger partial charge on any atom is -0.465 e. The molecule has 1 aromatic carbocycles. The van der Waals surface area contributed by atoms with Crippen molar-refractivity contribution in [1.29, 1.82) is 0 Å². The molecule has 0 aromatic heterocycles. The van der Waals surface area contributed by atoms with Crippen LogP contribution in [0.5, 0.6) is 0 Å². The highest BCUT2D eigenvalue weighted by Crippen LogP contribution is 2.16. The van der Waals surface area contributed by atoms with Gasteiger partial charge in [0, 0.05) is 12.3 Å². The molecule has 17 heavy (non-hydrogen) atoms. The molecule has 0 amide bonds. The second-order valence-corrected chi connectivity index (χ2v) is 3.99. The fourth-order valence-corrected chi connectivity index (χ4v) is 1.77. The SMILES string of the molecule is COC(=O)c1ccc(CC(=O)CCl)c(CCl)c1. The van der Waals surface area contributed by atoms with Crippen LogP contribution in [0.4, 0.5) is 0 Å². The third-order valence-corrected chi connectivity index (χ3v) is 2.89. The van der Waals surface area contributed by atoms with E-state index in [4.69, 9.17) is 23.2 Å². The first-order valence-electron chi connectivity index (χ1n) is 4.96. The number of carbonyl (C=O) groups is 2. The molecular weight excluding hydrogens is 263 g/mol. The lowest BCUT2D eigenvalue weighted by Gasteiger charge is -2.07. The summed E-state index contributed by atoms with van der Waals surface area (Å²) in [5, 5.41) is 0. The van der Waals surface area contributed by atoms with Crippen molar-refractivity contribution in [1.82, 2.24) is 0 Å². The van der Waals surface area contributed by atoms with Crippen molar-refractivity contribution >= 4 is 35.0 Å². The normalized spacial score (nSPS) is 10.1. The van der Waals surface area contributed by atoms with Gasteiger partial charge in [0.15, 0.2) is 5.78 Å². The van der Waals surface area contributed by atoms with Crippen LogP contribution < -0.4 is 0 Å². The molecule has 92 valence electrons. The predicted molar refractivity (Wildman–Crippen MR) is 66.8 cm³/mol. The lowest BCUT2D eigenvalue weighted by molar-refractivity contribution is -0.116. The van der Waals surface area contributed by atoms with E-state index in [0.29, 0.717) is 5.56 Å². The van der Waals surface area contributed by atoms with E-state index >= 15 is 0 Å². The quantitative estimate of drug-likeness (QED) is 0.612. The van der Waals surface area contributed by atoms with Gasteiger partial charge in [-0.25, -0.2) is 4.79 Å². The Morgan fingerprint density at radius 1 is 1.24 bits per heavy atom. The van der Waals surface area contributed by atoms with E-state index in [1.165, 1.54) is 7.11 Å². The average molecular weight is 275 g/mol. The van der Waals surface area contributed by atoms with Crippen LogP contribution in [-0.2, 0) is 21.8 Å². The number of Topliss-reactive ketones (excluding diaryl/α,β-unsaturated/α-hetero) is 1. The van der Waals surface area contributed by atoms with E-state index in [2.05, 4.69) is 4.74 Å². The summed E-state index contributed by atoms with van der Waals surface area (Å²) >= 11 is 11.2. The maximum absolute atomic E-state index is 11.3. The van der Waals surface area contributed by atoms with Crippen LogP contribution in [0, 0.1) is 0 Å². The Morgan fingerprint density at radius 2 is 1.94 bits per heavy atom. The molecule has 0 aliphatic heterocycles. The molecule has 0 atom stereocenters. The molecule has 1 aromatic rings. The van der Waals surface area contributed by atoms with Crippen LogP contribution >= 0.6 is 23.2 Å². The fraction of sp³-hybridized carbons (Fsp3) is 0.333. The van der Waals surface area contributed by atoms with E-state index < -0.39 is 5.97 Å². The first-order valence-corrected chi connectivity index (χ1v) is 6.03. The van der Waals surface area contributed by atoms with Crippen molar-refractivity contribution in [2.45, 2.75) is 12.3 Å². The third kappa shape index (κ3) is 3.72. The van der Waals surface area contributed by atoms with Crippen LogP contribution in [0.1, 0.15) is 21.5 Å². The molecule has 0 saturated heterocycles. The van der Waals surface area contributed by atoms with Crippen molar-refractivity contribution in [3.8, 4) is 0 Å². The number of methoxy groups -OCH3 is 1. The molecule has 0 spiro atoms. The maximum atomic E-state index is 11.3.